The van der Waals surface area contributed by atoms with Gasteiger partial charge in [0.05, 0.1) is 6.54 Å². The Hall–Kier alpha value is -3.65. The fourth-order valence-corrected chi connectivity index (χ4v) is 3.71. The third kappa shape index (κ3) is 8.26. The maximum absolute atomic E-state index is 4.70. The monoisotopic (exact) mass is 464 g/mol. The molecule has 0 radical (unpaired) electrons. The van der Waals surface area contributed by atoms with Crippen LogP contribution in [0.4, 0.5) is 11.4 Å². The standard InChI is InChI=1S/C33H40N2/c1-8-12-13-16-27(5)25-34-26-33(6,7)29-19-23-32(24-20-29)35(30(14-9-2)15-10-3)31-21-17-28(11-4)18-22-31/h8-10,12-24,26H,1-2,11,25H2,3-7H3/b13-12-,15-10-,27-16+,30-14+,34-26?. The summed E-state index contributed by atoms with van der Waals surface area (Å²) in [6.45, 7) is 19.0. The number of rotatable bonds is 12. The van der Waals surface area contributed by atoms with Gasteiger partial charge in [0, 0.05) is 28.7 Å². The van der Waals surface area contributed by atoms with Gasteiger partial charge in [-0.05, 0) is 67.8 Å². The highest BCUT2D eigenvalue weighted by atomic mass is 15.1. The molecule has 35 heavy (non-hydrogen) atoms. The normalized spacial score (nSPS) is 13.2. The SMILES string of the molecule is C=C/C=C\C=C(/C)CN=CC(C)(C)c1ccc(N(C(/C=C\C)=C/C=C)c2ccc(CC)cc2)cc1. The topological polar surface area (TPSA) is 15.6 Å². The average molecular weight is 465 g/mol. The van der Waals surface area contributed by atoms with Gasteiger partial charge in [-0.1, -0.05) is 100 Å². The summed E-state index contributed by atoms with van der Waals surface area (Å²) in [4.78, 5) is 6.96. The molecule has 0 aromatic heterocycles. The first-order chi connectivity index (χ1) is 16.9. The van der Waals surface area contributed by atoms with Crippen molar-refractivity contribution in [3.8, 4) is 0 Å². The van der Waals surface area contributed by atoms with Crippen molar-refractivity contribution >= 4 is 17.6 Å². The van der Waals surface area contributed by atoms with E-state index in [0.29, 0.717) is 6.54 Å². The van der Waals surface area contributed by atoms with Crippen molar-refractivity contribution in [1.82, 2.24) is 0 Å². The zero-order valence-electron chi connectivity index (χ0n) is 22.0. The van der Waals surface area contributed by atoms with E-state index < -0.39 is 0 Å². The summed E-state index contributed by atoms with van der Waals surface area (Å²) in [5.74, 6) is 0. The smallest absolute Gasteiger partial charge is 0.0596 e. The highest BCUT2D eigenvalue weighted by Crippen LogP contribution is 2.33. The molecule has 182 valence electrons. The van der Waals surface area contributed by atoms with E-state index in [-0.39, 0.29) is 5.41 Å². The highest BCUT2D eigenvalue weighted by molar-refractivity contribution is 5.75. The van der Waals surface area contributed by atoms with Crippen LogP contribution in [0.25, 0.3) is 0 Å². The van der Waals surface area contributed by atoms with E-state index in [2.05, 4.69) is 119 Å². The average Bonchev–Trinajstić information content (AvgIpc) is 2.85. The number of allylic oxidation sites excluding steroid dienone is 8. The number of benzene rings is 2. The van der Waals surface area contributed by atoms with E-state index in [0.717, 1.165) is 23.5 Å². The minimum atomic E-state index is -0.174. The Morgan fingerprint density at radius 1 is 0.914 bits per heavy atom. The Labute approximate surface area is 213 Å². The molecule has 0 aliphatic heterocycles. The molecule has 0 fully saturated rings. The predicted octanol–water partition coefficient (Wildman–Crippen LogP) is 9.07. The van der Waals surface area contributed by atoms with Gasteiger partial charge in [-0.2, -0.15) is 0 Å². The maximum Gasteiger partial charge on any atom is 0.0596 e. The van der Waals surface area contributed by atoms with Gasteiger partial charge in [-0.25, -0.2) is 0 Å². The van der Waals surface area contributed by atoms with Gasteiger partial charge in [0.2, 0.25) is 0 Å². The fourth-order valence-electron chi connectivity index (χ4n) is 3.71. The van der Waals surface area contributed by atoms with Crippen LogP contribution in [-0.4, -0.2) is 12.8 Å². The number of anilines is 2. The van der Waals surface area contributed by atoms with Crippen LogP contribution in [0.5, 0.6) is 0 Å². The minimum Gasteiger partial charge on any atom is -0.311 e. The quantitative estimate of drug-likeness (QED) is 0.226. The van der Waals surface area contributed by atoms with Gasteiger partial charge in [0.15, 0.2) is 0 Å². The van der Waals surface area contributed by atoms with Crippen LogP contribution in [-0.2, 0) is 11.8 Å². The van der Waals surface area contributed by atoms with Crippen molar-refractivity contribution in [2.45, 2.75) is 46.5 Å². The lowest BCUT2D eigenvalue weighted by Crippen LogP contribution is -2.20. The molecule has 2 nitrogen and oxygen atoms in total. The summed E-state index contributed by atoms with van der Waals surface area (Å²) >= 11 is 0. The summed E-state index contributed by atoms with van der Waals surface area (Å²) < 4.78 is 0. The molecule has 0 spiro atoms. The largest absolute Gasteiger partial charge is 0.311 e. The lowest BCUT2D eigenvalue weighted by Gasteiger charge is -2.28. The summed E-state index contributed by atoms with van der Waals surface area (Å²) in [5.41, 5.74) is 6.87. The number of nitrogens with zero attached hydrogens (tertiary/aromatic N) is 2. The molecular weight excluding hydrogens is 424 g/mol. The van der Waals surface area contributed by atoms with Crippen LogP contribution in [0.3, 0.4) is 0 Å². The highest BCUT2D eigenvalue weighted by Gasteiger charge is 2.19. The number of hydrogen-bond donors (Lipinski definition) is 0. The van der Waals surface area contributed by atoms with Crippen LogP contribution in [0.1, 0.15) is 45.7 Å². The second-order valence-electron chi connectivity index (χ2n) is 9.05. The van der Waals surface area contributed by atoms with Gasteiger partial charge in [-0.15, -0.1) is 0 Å². The van der Waals surface area contributed by atoms with Gasteiger partial charge < -0.3 is 4.90 Å². The van der Waals surface area contributed by atoms with Crippen LogP contribution in [0.2, 0.25) is 0 Å². The summed E-state index contributed by atoms with van der Waals surface area (Å²) in [6.07, 6.45) is 18.9. The second kappa shape index (κ2) is 13.9. The molecule has 0 aliphatic carbocycles. The lowest BCUT2D eigenvalue weighted by molar-refractivity contribution is 0.731. The summed E-state index contributed by atoms with van der Waals surface area (Å²) in [5, 5.41) is 0. The molecule has 0 aliphatic rings. The molecule has 0 N–H and O–H groups in total. The number of aliphatic imine (C=N–C) groups is 1. The molecule has 0 atom stereocenters. The molecule has 0 unspecified atom stereocenters. The molecule has 2 heteroatoms. The molecular formula is C33H40N2. The molecule has 2 aromatic carbocycles. The van der Waals surface area contributed by atoms with E-state index in [4.69, 9.17) is 4.99 Å². The first-order valence-corrected chi connectivity index (χ1v) is 12.3. The first kappa shape index (κ1) is 27.6. The van der Waals surface area contributed by atoms with Crippen LogP contribution in [0.15, 0.2) is 127 Å². The maximum atomic E-state index is 4.70. The van der Waals surface area contributed by atoms with Crippen molar-refractivity contribution < 1.29 is 0 Å². The molecule has 2 rings (SSSR count). The first-order valence-electron chi connectivity index (χ1n) is 12.3. The Morgan fingerprint density at radius 2 is 1.54 bits per heavy atom. The summed E-state index contributed by atoms with van der Waals surface area (Å²) in [6, 6.07) is 17.5. The van der Waals surface area contributed by atoms with Crippen molar-refractivity contribution in [2.75, 3.05) is 11.4 Å². The van der Waals surface area contributed by atoms with Gasteiger partial charge in [0.1, 0.15) is 0 Å². The van der Waals surface area contributed by atoms with Gasteiger partial charge >= 0.3 is 0 Å². The molecule has 0 heterocycles. The van der Waals surface area contributed by atoms with Crippen molar-refractivity contribution in [3.05, 3.63) is 133 Å². The fraction of sp³-hybridized carbons (Fsp3) is 0.242. The molecule has 0 bridgehead atoms. The third-order valence-corrected chi connectivity index (χ3v) is 5.74. The van der Waals surface area contributed by atoms with Crippen molar-refractivity contribution in [2.24, 2.45) is 4.99 Å². The summed E-state index contributed by atoms with van der Waals surface area (Å²) in [7, 11) is 0. The van der Waals surface area contributed by atoms with E-state index >= 15 is 0 Å². The van der Waals surface area contributed by atoms with Gasteiger partial charge in [-0.3, -0.25) is 4.99 Å². The molecule has 0 saturated heterocycles. The number of hydrogen-bond acceptors (Lipinski definition) is 2. The van der Waals surface area contributed by atoms with Crippen LogP contribution >= 0.6 is 0 Å². The Morgan fingerprint density at radius 3 is 2.09 bits per heavy atom. The van der Waals surface area contributed by atoms with E-state index in [1.165, 1.54) is 16.7 Å². The van der Waals surface area contributed by atoms with E-state index in [1.54, 1.807) is 6.08 Å². The van der Waals surface area contributed by atoms with Crippen molar-refractivity contribution in [1.29, 1.82) is 0 Å². The Kier molecular flexibility index (Phi) is 11.0. The van der Waals surface area contributed by atoms with Gasteiger partial charge in [0.25, 0.3) is 0 Å². The third-order valence-electron chi connectivity index (χ3n) is 5.74. The molecule has 2 aromatic rings. The number of aryl methyl sites for hydroxylation is 1. The molecule has 0 saturated carbocycles. The predicted molar refractivity (Wildman–Crippen MR) is 157 cm³/mol. The lowest BCUT2D eigenvalue weighted by atomic mass is 9.86. The minimum absolute atomic E-state index is 0.174. The zero-order valence-corrected chi connectivity index (χ0v) is 22.0. The molecule has 0 amide bonds. The van der Waals surface area contributed by atoms with Crippen molar-refractivity contribution in [3.63, 3.8) is 0 Å². The van der Waals surface area contributed by atoms with Crippen LogP contribution < -0.4 is 4.90 Å². The van der Waals surface area contributed by atoms with Crippen LogP contribution in [0, 0.1) is 0 Å². The van der Waals surface area contributed by atoms with E-state index in [9.17, 15) is 0 Å². The zero-order chi connectivity index (χ0) is 25.7. The Balaban J connectivity index is 2.35. The Bertz CT molecular complexity index is 1100. The second-order valence-corrected chi connectivity index (χ2v) is 9.05. The van der Waals surface area contributed by atoms with E-state index in [1.807, 2.05) is 31.2 Å².